The Morgan fingerprint density at radius 3 is 2.14 bits per heavy atom. The van der Waals surface area contributed by atoms with E-state index >= 15 is 0 Å². The van der Waals surface area contributed by atoms with Crippen LogP contribution in [0.2, 0.25) is 0 Å². The molecule has 0 radical (unpaired) electrons. The average molecular weight is 395 g/mol. The number of nitrogens with one attached hydrogen (secondary N) is 1. The normalized spacial score (nSPS) is 10.7. The molecule has 0 spiro atoms. The fourth-order valence-corrected chi connectivity index (χ4v) is 2.45. The molecule has 0 saturated heterocycles. The Hall–Kier alpha value is -3.08. The fraction of sp³-hybridized carbons (Fsp3) is 0.333. The second-order valence-corrected chi connectivity index (χ2v) is 6.64. The van der Waals surface area contributed by atoms with E-state index in [1.807, 2.05) is 19.1 Å². The number of hydrogen-bond acceptors (Lipinski definition) is 5. The van der Waals surface area contributed by atoms with Crippen LogP contribution in [0.4, 0.5) is 5.69 Å². The molecular weight excluding hydrogens is 366 g/mol. The third-order valence-electron chi connectivity index (χ3n) is 4.24. The number of anilines is 1. The first-order chi connectivity index (χ1) is 14.1. The van der Waals surface area contributed by atoms with Crippen LogP contribution in [0.15, 0.2) is 60.8 Å². The van der Waals surface area contributed by atoms with Crippen molar-refractivity contribution in [2.75, 3.05) is 18.5 Å². The summed E-state index contributed by atoms with van der Waals surface area (Å²) in [4.78, 5) is 24.1. The summed E-state index contributed by atoms with van der Waals surface area (Å²) in [5.74, 6) is 0.344. The molecule has 0 heterocycles. The molecule has 0 atom stereocenters. The molecule has 0 amide bonds. The van der Waals surface area contributed by atoms with Gasteiger partial charge in [-0.1, -0.05) is 26.7 Å². The smallest absolute Gasteiger partial charge is 0.338 e. The van der Waals surface area contributed by atoms with Gasteiger partial charge in [-0.15, -0.1) is 0 Å². The van der Waals surface area contributed by atoms with Crippen LogP contribution in [0, 0.1) is 0 Å². The standard InChI is InChI=1S/C24H29NO4/c1-3-5-17-28-22-13-9-19(10-14-22)23(26)15-16-25-21-11-7-20(8-12-21)24(27)29-18-6-4-2/h7-16,25H,3-6,17-18H2,1-2H3. The van der Waals surface area contributed by atoms with Gasteiger partial charge in [0.25, 0.3) is 0 Å². The van der Waals surface area contributed by atoms with Crippen LogP contribution < -0.4 is 10.1 Å². The minimum atomic E-state index is -0.321. The SMILES string of the molecule is CCCCOC(=O)c1ccc(NC=CC(=O)c2ccc(OCCCC)cc2)cc1. The third kappa shape index (κ3) is 7.82. The fourth-order valence-electron chi connectivity index (χ4n) is 2.45. The predicted octanol–water partition coefficient (Wildman–Crippen LogP) is 5.63. The van der Waals surface area contributed by atoms with E-state index in [4.69, 9.17) is 9.47 Å². The Bertz CT molecular complexity index is 795. The lowest BCUT2D eigenvalue weighted by Crippen LogP contribution is -2.06. The summed E-state index contributed by atoms with van der Waals surface area (Å²) >= 11 is 0. The minimum Gasteiger partial charge on any atom is -0.494 e. The van der Waals surface area contributed by atoms with Crippen LogP contribution in [0.3, 0.4) is 0 Å². The molecule has 0 saturated carbocycles. The van der Waals surface area contributed by atoms with Gasteiger partial charge < -0.3 is 14.8 Å². The highest BCUT2D eigenvalue weighted by atomic mass is 16.5. The van der Waals surface area contributed by atoms with E-state index in [1.165, 1.54) is 6.08 Å². The number of esters is 1. The van der Waals surface area contributed by atoms with Crippen LogP contribution in [-0.4, -0.2) is 25.0 Å². The first-order valence-corrected chi connectivity index (χ1v) is 10.1. The Kier molecular flexibility index (Phi) is 9.49. The van der Waals surface area contributed by atoms with E-state index in [0.717, 1.165) is 37.1 Å². The molecule has 154 valence electrons. The zero-order valence-corrected chi connectivity index (χ0v) is 17.1. The Labute approximate surface area is 172 Å². The van der Waals surface area contributed by atoms with Gasteiger partial charge in [-0.3, -0.25) is 4.79 Å². The van der Waals surface area contributed by atoms with Crippen molar-refractivity contribution in [1.29, 1.82) is 0 Å². The molecule has 0 bridgehead atoms. The Morgan fingerprint density at radius 1 is 0.862 bits per heavy atom. The van der Waals surface area contributed by atoms with Crippen molar-refractivity contribution in [3.63, 3.8) is 0 Å². The van der Waals surface area contributed by atoms with Crippen molar-refractivity contribution < 1.29 is 19.1 Å². The molecule has 2 aromatic carbocycles. The van der Waals surface area contributed by atoms with Crippen LogP contribution in [-0.2, 0) is 4.74 Å². The van der Waals surface area contributed by atoms with Crippen molar-refractivity contribution in [2.24, 2.45) is 0 Å². The first kappa shape index (κ1) is 22.2. The summed E-state index contributed by atoms with van der Waals surface area (Å²) in [6, 6.07) is 14.1. The van der Waals surface area contributed by atoms with Crippen LogP contribution in [0.1, 0.15) is 60.2 Å². The maximum absolute atomic E-state index is 12.2. The Balaban J connectivity index is 1.82. The number of unbranched alkanes of at least 4 members (excludes halogenated alkanes) is 2. The van der Waals surface area contributed by atoms with Crippen molar-refractivity contribution in [3.8, 4) is 5.75 Å². The van der Waals surface area contributed by atoms with Crippen molar-refractivity contribution in [2.45, 2.75) is 39.5 Å². The van der Waals surface area contributed by atoms with Crippen molar-refractivity contribution in [3.05, 3.63) is 71.9 Å². The zero-order valence-electron chi connectivity index (χ0n) is 17.1. The van der Waals surface area contributed by atoms with Crippen LogP contribution in [0.25, 0.3) is 0 Å². The average Bonchev–Trinajstić information content (AvgIpc) is 2.75. The lowest BCUT2D eigenvalue weighted by atomic mass is 10.1. The van der Waals surface area contributed by atoms with Gasteiger partial charge in [0.2, 0.25) is 0 Å². The second-order valence-electron chi connectivity index (χ2n) is 6.64. The molecule has 0 aromatic heterocycles. The maximum atomic E-state index is 12.2. The predicted molar refractivity (Wildman–Crippen MR) is 116 cm³/mol. The second kappa shape index (κ2) is 12.4. The Morgan fingerprint density at radius 2 is 1.48 bits per heavy atom. The number of ether oxygens (including phenoxy) is 2. The molecule has 2 aromatic rings. The molecular formula is C24H29NO4. The van der Waals surface area contributed by atoms with E-state index in [2.05, 4.69) is 12.2 Å². The molecule has 5 nitrogen and oxygen atoms in total. The molecule has 2 rings (SSSR count). The van der Waals surface area contributed by atoms with Crippen LogP contribution in [0.5, 0.6) is 5.75 Å². The highest BCUT2D eigenvalue weighted by molar-refractivity contribution is 6.04. The maximum Gasteiger partial charge on any atom is 0.338 e. The van der Waals surface area contributed by atoms with Crippen molar-refractivity contribution in [1.82, 2.24) is 0 Å². The van der Waals surface area contributed by atoms with Gasteiger partial charge in [-0.25, -0.2) is 4.79 Å². The van der Waals surface area contributed by atoms with E-state index in [-0.39, 0.29) is 11.8 Å². The minimum absolute atomic E-state index is 0.103. The molecule has 0 aliphatic rings. The number of rotatable bonds is 12. The topological polar surface area (TPSA) is 64.6 Å². The van der Waals surface area contributed by atoms with Gasteiger partial charge in [0, 0.05) is 23.5 Å². The zero-order chi connectivity index (χ0) is 20.9. The molecule has 1 N–H and O–H groups in total. The summed E-state index contributed by atoms with van der Waals surface area (Å²) in [6.45, 7) is 5.28. The van der Waals surface area contributed by atoms with E-state index in [9.17, 15) is 9.59 Å². The summed E-state index contributed by atoms with van der Waals surface area (Å²) in [6.07, 6.45) is 7.00. The van der Waals surface area contributed by atoms with Gasteiger partial charge >= 0.3 is 5.97 Å². The molecule has 0 aliphatic carbocycles. The van der Waals surface area contributed by atoms with E-state index in [1.54, 1.807) is 42.6 Å². The first-order valence-electron chi connectivity index (χ1n) is 10.1. The lowest BCUT2D eigenvalue weighted by molar-refractivity contribution is 0.0499. The quantitative estimate of drug-likeness (QED) is 0.218. The largest absolute Gasteiger partial charge is 0.494 e. The highest BCUT2D eigenvalue weighted by Gasteiger charge is 2.06. The number of carbonyl (C=O) groups is 2. The molecule has 0 aliphatic heterocycles. The van der Waals surface area contributed by atoms with E-state index in [0.29, 0.717) is 24.3 Å². The number of carbonyl (C=O) groups excluding carboxylic acids is 2. The van der Waals surface area contributed by atoms with Crippen molar-refractivity contribution >= 4 is 17.4 Å². The molecule has 29 heavy (non-hydrogen) atoms. The highest BCUT2D eigenvalue weighted by Crippen LogP contribution is 2.14. The monoisotopic (exact) mass is 395 g/mol. The van der Waals surface area contributed by atoms with Crippen LogP contribution >= 0.6 is 0 Å². The van der Waals surface area contributed by atoms with Gasteiger partial charge in [0.05, 0.1) is 18.8 Å². The molecule has 0 unspecified atom stereocenters. The molecule has 0 fully saturated rings. The molecule has 5 heteroatoms. The van der Waals surface area contributed by atoms with E-state index < -0.39 is 0 Å². The summed E-state index contributed by atoms with van der Waals surface area (Å²) < 4.78 is 10.8. The van der Waals surface area contributed by atoms with Gasteiger partial charge in [0.1, 0.15) is 5.75 Å². The number of ketones is 1. The number of hydrogen-bond donors (Lipinski definition) is 1. The number of benzene rings is 2. The third-order valence-corrected chi connectivity index (χ3v) is 4.24. The summed E-state index contributed by atoms with van der Waals surface area (Å²) in [7, 11) is 0. The van der Waals surface area contributed by atoms with Gasteiger partial charge in [-0.2, -0.15) is 0 Å². The number of allylic oxidation sites excluding steroid dienone is 1. The lowest BCUT2D eigenvalue weighted by Gasteiger charge is -2.06. The van der Waals surface area contributed by atoms with Gasteiger partial charge in [0.15, 0.2) is 5.78 Å². The summed E-state index contributed by atoms with van der Waals surface area (Å²) in [5.41, 5.74) is 1.88. The summed E-state index contributed by atoms with van der Waals surface area (Å²) in [5, 5.41) is 3.03. The van der Waals surface area contributed by atoms with Gasteiger partial charge in [-0.05, 0) is 61.4 Å².